The van der Waals surface area contributed by atoms with E-state index in [9.17, 15) is 14.5 Å². The smallest absolute Gasteiger partial charge is 0.282 e. The molecule has 3 rings (SSSR count). The molecule has 1 unspecified atom stereocenters. The fourth-order valence-electron chi connectivity index (χ4n) is 2.54. The van der Waals surface area contributed by atoms with Gasteiger partial charge in [-0.2, -0.15) is 0 Å². The van der Waals surface area contributed by atoms with Gasteiger partial charge in [0.05, 0.1) is 35.1 Å². The molecule has 2 aliphatic rings. The van der Waals surface area contributed by atoms with Crippen LogP contribution in [0.5, 0.6) is 0 Å². The first-order chi connectivity index (χ1) is 9.51. The molecule has 0 saturated heterocycles. The first kappa shape index (κ1) is 12.5. The molecule has 1 aromatic carbocycles. The number of fused-ring (bicyclic) bond motifs is 3. The van der Waals surface area contributed by atoms with E-state index in [0.29, 0.717) is 28.3 Å². The molecule has 1 aliphatic carbocycles. The van der Waals surface area contributed by atoms with Gasteiger partial charge in [-0.25, -0.2) is 4.39 Å². The number of nitro benzene ring substituents is 1. The Balaban J connectivity index is 2.26. The van der Waals surface area contributed by atoms with Crippen LogP contribution < -0.4 is 0 Å². The van der Waals surface area contributed by atoms with E-state index >= 15 is 0 Å². The number of allylic oxidation sites excluding steroid dienone is 3. The van der Waals surface area contributed by atoms with Gasteiger partial charge in [-0.05, 0) is 12.2 Å². The molecule has 20 heavy (non-hydrogen) atoms. The van der Waals surface area contributed by atoms with Gasteiger partial charge >= 0.3 is 0 Å². The van der Waals surface area contributed by atoms with Crippen LogP contribution in [0.3, 0.4) is 0 Å². The molecule has 102 valence electrons. The van der Waals surface area contributed by atoms with Gasteiger partial charge in [-0.15, -0.1) is 0 Å². The molecule has 0 spiro atoms. The van der Waals surface area contributed by atoms with Crippen LogP contribution in [0.1, 0.15) is 12.5 Å². The largest absolute Gasteiger partial charge is 0.497 e. The average Bonchev–Trinajstić information content (AvgIpc) is 2.76. The molecule has 0 fully saturated rings. The number of nitro groups is 1. The Morgan fingerprint density at radius 1 is 1.45 bits per heavy atom. The quantitative estimate of drug-likeness (QED) is 0.613. The van der Waals surface area contributed by atoms with Crippen molar-refractivity contribution in [2.75, 3.05) is 7.11 Å². The lowest BCUT2D eigenvalue weighted by atomic mass is 9.89. The Hall–Kier alpha value is -2.50. The maximum Gasteiger partial charge on any atom is 0.282 e. The molecule has 1 heterocycles. The van der Waals surface area contributed by atoms with Gasteiger partial charge in [0.1, 0.15) is 11.6 Å². The van der Waals surface area contributed by atoms with Crippen molar-refractivity contribution in [2.24, 2.45) is 10.9 Å². The molecular formula is C14H11FN2O3. The zero-order valence-corrected chi connectivity index (χ0v) is 10.9. The van der Waals surface area contributed by atoms with E-state index in [2.05, 4.69) is 4.99 Å². The number of halogens is 1. The lowest BCUT2D eigenvalue weighted by Gasteiger charge is -2.16. The van der Waals surface area contributed by atoms with E-state index in [4.69, 9.17) is 4.74 Å². The Morgan fingerprint density at radius 3 is 2.85 bits per heavy atom. The van der Waals surface area contributed by atoms with Crippen molar-refractivity contribution in [1.82, 2.24) is 0 Å². The van der Waals surface area contributed by atoms with E-state index in [0.717, 1.165) is 6.07 Å². The van der Waals surface area contributed by atoms with Crippen molar-refractivity contribution in [3.63, 3.8) is 0 Å². The third-order valence-electron chi connectivity index (χ3n) is 3.41. The van der Waals surface area contributed by atoms with Gasteiger partial charge in [0.15, 0.2) is 0 Å². The first-order valence-electron chi connectivity index (χ1n) is 6.06. The summed E-state index contributed by atoms with van der Waals surface area (Å²) in [6, 6.07) is 2.14. The standard InChI is InChI=1S/C14H11FN2O3/c1-7-3-9(20-2)6-10-13-11(16-14(7)10)4-8(15)5-12(13)17(18)19/h3-7H,1-2H3. The third-order valence-corrected chi connectivity index (χ3v) is 3.41. The van der Waals surface area contributed by atoms with Crippen molar-refractivity contribution in [2.45, 2.75) is 6.92 Å². The number of benzene rings is 1. The number of ether oxygens (including phenoxy) is 1. The summed E-state index contributed by atoms with van der Waals surface area (Å²) in [6.45, 7) is 1.92. The van der Waals surface area contributed by atoms with Gasteiger partial charge in [0, 0.05) is 17.6 Å². The summed E-state index contributed by atoms with van der Waals surface area (Å²) in [5.74, 6) is -0.0791. The Bertz CT molecular complexity index is 719. The van der Waals surface area contributed by atoms with Gasteiger partial charge in [-0.3, -0.25) is 15.1 Å². The van der Waals surface area contributed by atoms with Crippen LogP contribution in [-0.2, 0) is 4.74 Å². The molecule has 0 aromatic heterocycles. The molecule has 1 aromatic rings. The van der Waals surface area contributed by atoms with Crippen LogP contribution in [0.15, 0.2) is 35.0 Å². The zero-order chi connectivity index (χ0) is 14.4. The normalized spacial score (nSPS) is 19.6. The zero-order valence-electron chi connectivity index (χ0n) is 10.9. The average molecular weight is 274 g/mol. The topological polar surface area (TPSA) is 64.7 Å². The highest BCUT2D eigenvalue weighted by Crippen LogP contribution is 2.45. The van der Waals surface area contributed by atoms with Crippen molar-refractivity contribution in [3.8, 4) is 0 Å². The predicted octanol–water partition coefficient (Wildman–Crippen LogP) is 3.38. The lowest BCUT2D eigenvalue weighted by Crippen LogP contribution is -2.13. The molecule has 5 nitrogen and oxygen atoms in total. The second kappa shape index (κ2) is 4.26. The highest BCUT2D eigenvalue weighted by molar-refractivity contribution is 6.32. The predicted molar refractivity (Wildman–Crippen MR) is 72.4 cm³/mol. The van der Waals surface area contributed by atoms with Crippen molar-refractivity contribution in [3.05, 3.63) is 51.5 Å². The van der Waals surface area contributed by atoms with Gasteiger partial charge in [-0.1, -0.05) is 6.92 Å². The molecule has 0 bridgehead atoms. The Labute approximate surface area is 114 Å². The molecule has 1 aliphatic heterocycles. The fourth-order valence-corrected chi connectivity index (χ4v) is 2.54. The molecule has 0 amide bonds. The monoisotopic (exact) mass is 274 g/mol. The molecule has 1 atom stereocenters. The number of aliphatic imine (C=N–C) groups is 1. The first-order valence-corrected chi connectivity index (χ1v) is 6.06. The van der Waals surface area contributed by atoms with Gasteiger partial charge in [0.2, 0.25) is 0 Å². The van der Waals surface area contributed by atoms with Crippen molar-refractivity contribution >= 4 is 22.7 Å². The van der Waals surface area contributed by atoms with Crippen molar-refractivity contribution < 1.29 is 14.1 Å². The van der Waals surface area contributed by atoms with E-state index in [1.54, 1.807) is 6.08 Å². The molecule has 6 heteroatoms. The minimum absolute atomic E-state index is 0.0417. The summed E-state index contributed by atoms with van der Waals surface area (Å²) >= 11 is 0. The molecular weight excluding hydrogens is 263 g/mol. The second-order valence-corrected chi connectivity index (χ2v) is 4.69. The fraction of sp³-hybridized carbons (Fsp3) is 0.214. The van der Waals surface area contributed by atoms with Crippen LogP contribution in [0.4, 0.5) is 15.8 Å². The highest BCUT2D eigenvalue weighted by atomic mass is 19.1. The minimum Gasteiger partial charge on any atom is -0.497 e. The number of hydrogen-bond donors (Lipinski definition) is 0. The van der Waals surface area contributed by atoms with E-state index in [-0.39, 0.29) is 11.6 Å². The van der Waals surface area contributed by atoms with Crippen LogP contribution in [0.2, 0.25) is 0 Å². The molecule has 0 radical (unpaired) electrons. The number of methoxy groups -OCH3 is 1. The van der Waals surface area contributed by atoms with Crippen molar-refractivity contribution in [1.29, 1.82) is 0 Å². The van der Waals surface area contributed by atoms with E-state index < -0.39 is 10.7 Å². The number of hydrogen-bond acceptors (Lipinski definition) is 4. The molecule has 0 N–H and O–H groups in total. The highest BCUT2D eigenvalue weighted by Gasteiger charge is 2.34. The van der Waals surface area contributed by atoms with Crippen LogP contribution in [-0.4, -0.2) is 17.7 Å². The maximum atomic E-state index is 13.5. The van der Waals surface area contributed by atoms with Gasteiger partial charge in [0.25, 0.3) is 5.69 Å². The maximum absolute atomic E-state index is 13.5. The number of rotatable bonds is 2. The van der Waals surface area contributed by atoms with Crippen LogP contribution in [0.25, 0.3) is 5.57 Å². The van der Waals surface area contributed by atoms with E-state index in [1.165, 1.54) is 13.2 Å². The van der Waals surface area contributed by atoms with Crippen LogP contribution in [0, 0.1) is 21.8 Å². The van der Waals surface area contributed by atoms with Gasteiger partial charge < -0.3 is 4.74 Å². The summed E-state index contributed by atoms with van der Waals surface area (Å²) in [4.78, 5) is 14.9. The van der Waals surface area contributed by atoms with E-state index in [1.807, 2.05) is 13.0 Å². The van der Waals surface area contributed by atoms with Crippen LogP contribution >= 0.6 is 0 Å². The summed E-state index contributed by atoms with van der Waals surface area (Å²) in [7, 11) is 1.53. The second-order valence-electron chi connectivity index (χ2n) is 4.69. The minimum atomic E-state index is -0.661. The summed E-state index contributed by atoms with van der Waals surface area (Å²) < 4.78 is 18.7. The SMILES string of the molecule is COC1=CC(C)C2=Nc3cc(F)cc([N+](=O)[O-])c3C2=C1. The lowest BCUT2D eigenvalue weighted by molar-refractivity contribution is -0.385. The Morgan fingerprint density at radius 2 is 2.20 bits per heavy atom. The summed E-state index contributed by atoms with van der Waals surface area (Å²) in [5.41, 5.74) is 1.74. The summed E-state index contributed by atoms with van der Waals surface area (Å²) in [5, 5.41) is 11.1. The summed E-state index contributed by atoms with van der Waals surface area (Å²) in [6.07, 6.45) is 3.58. The molecule has 0 saturated carbocycles. The third kappa shape index (κ3) is 1.72. The Kier molecular flexibility index (Phi) is 2.67. The number of nitrogens with zero attached hydrogens (tertiary/aromatic N) is 2.